The van der Waals surface area contributed by atoms with Crippen molar-refractivity contribution in [1.29, 1.82) is 0 Å². The molecule has 0 aliphatic carbocycles. The predicted octanol–water partition coefficient (Wildman–Crippen LogP) is 1.92. The number of hydrogen-bond donors (Lipinski definition) is 2. The van der Waals surface area contributed by atoms with Crippen LogP contribution in [0, 0.1) is 0 Å². The summed E-state index contributed by atoms with van der Waals surface area (Å²) < 4.78 is 15.6. The molecule has 7 heteroatoms. The van der Waals surface area contributed by atoms with E-state index in [-0.39, 0.29) is 18.3 Å². The third-order valence-electron chi connectivity index (χ3n) is 3.28. The van der Waals surface area contributed by atoms with Gasteiger partial charge in [-0.1, -0.05) is 6.07 Å². The number of rotatable bonds is 5. The lowest BCUT2D eigenvalue weighted by atomic mass is 10.1. The van der Waals surface area contributed by atoms with Gasteiger partial charge in [0.2, 0.25) is 6.79 Å². The number of likely N-dealkylation sites (N-methyl/N-ethyl adjacent to an activating group) is 1. The van der Waals surface area contributed by atoms with E-state index >= 15 is 0 Å². The van der Waals surface area contributed by atoms with Gasteiger partial charge in [0.1, 0.15) is 5.70 Å². The molecule has 0 unspecified atom stereocenters. The lowest BCUT2D eigenvalue weighted by Crippen LogP contribution is -2.34. The highest BCUT2D eigenvalue weighted by molar-refractivity contribution is 6.04. The van der Waals surface area contributed by atoms with Crippen LogP contribution in [0.3, 0.4) is 0 Å². The Balaban J connectivity index is 1.86. The van der Waals surface area contributed by atoms with Crippen LogP contribution in [0.1, 0.15) is 23.0 Å². The largest absolute Gasteiger partial charge is 0.459 e. The third kappa shape index (κ3) is 3.40. The zero-order chi connectivity index (χ0) is 16.9. The fraction of sp³-hybridized carbons (Fsp3) is 0.176. The Bertz CT molecular complexity index is 780. The van der Waals surface area contributed by atoms with Crippen molar-refractivity contribution in [1.82, 2.24) is 10.6 Å². The summed E-state index contributed by atoms with van der Waals surface area (Å²) in [5.41, 5.74) is 0.803. The molecule has 2 amide bonds. The highest BCUT2D eigenvalue weighted by atomic mass is 16.7. The first-order valence-corrected chi connectivity index (χ1v) is 7.42. The van der Waals surface area contributed by atoms with E-state index in [0.29, 0.717) is 23.6 Å². The minimum absolute atomic E-state index is 0.108. The Morgan fingerprint density at radius 1 is 1.21 bits per heavy atom. The van der Waals surface area contributed by atoms with Crippen molar-refractivity contribution in [3.05, 3.63) is 53.6 Å². The van der Waals surface area contributed by atoms with Crippen molar-refractivity contribution in [2.24, 2.45) is 0 Å². The number of benzene rings is 1. The molecule has 0 atom stereocenters. The Kier molecular flexibility index (Phi) is 4.51. The third-order valence-corrected chi connectivity index (χ3v) is 3.28. The molecular formula is C17H16N2O5. The maximum atomic E-state index is 12.2. The molecule has 2 heterocycles. The van der Waals surface area contributed by atoms with E-state index in [0.717, 1.165) is 0 Å². The van der Waals surface area contributed by atoms with Crippen LogP contribution in [0.5, 0.6) is 11.5 Å². The summed E-state index contributed by atoms with van der Waals surface area (Å²) in [5.74, 6) is 0.465. The summed E-state index contributed by atoms with van der Waals surface area (Å²) in [5, 5.41) is 5.22. The van der Waals surface area contributed by atoms with Gasteiger partial charge in [-0.25, -0.2) is 0 Å². The van der Waals surface area contributed by atoms with E-state index in [1.165, 1.54) is 12.3 Å². The molecule has 124 valence electrons. The number of carbonyl (C=O) groups excluding carboxylic acids is 2. The summed E-state index contributed by atoms with van der Waals surface area (Å²) in [4.78, 5) is 24.3. The maximum Gasteiger partial charge on any atom is 0.291 e. The molecule has 1 aromatic heterocycles. The smallest absolute Gasteiger partial charge is 0.291 e. The SMILES string of the molecule is CCNC(=O)C(=Cc1ccc2c(c1)OCO2)NC(=O)c1ccco1. The fourth-order valence-corrected chi connectivity index (χ4v) is 2.18. The second kappa shape index (κ2) is 6.91. The van der Waals surface area contributed by atoms with Crippen LogP contribution in [0.2, 0.25) is 0 Å². The van der Waals surface area contributed by atoms with E-state index in [4.69, 9.17) is 13.9 Å². The van der Waals surface area contributed by atoms with Gasteiger partial charge in [-0.3, -0.25) is 9.59 Å². The van der Waals surface area contributed by atoms with Crippen LogP contribution >= 0.6 is 0 Å². The minimum atomic E-state index is -0.502. The average molecular weight is 328 g/mol. The standard InChI is InChI=1S/C17H16N2O5/c1-2-18-16(20)12(19-17(21)14-4-3-7-22-14)8-11-5-6-13-15(9-11)24-10-23-13/h3-9H,2,10H2,1H3,(H,18,20)(H,19,21). The Labute approximate surface area is 138 Å². The summed E-state index contributed by atoms with van der Waals surface area (Å²) in [6.45, 7) is 2.40. The van der Waals surface area contributed by atoms with Crippen molar-refractivity contribution in [3.8, 4) is 11.5 Å². The molecule has 0 bridgehead atoms. The summed E-state index contributed by atoms with van der Waals surface area (Å²) in [7, 11) is 0. The summed E-state index contributed by atoms with van der Waals surface area (Å²) >= 11 is 0. The number of ether oxygens (including phenoxy) is 2. The second-order valence-electron chi connectivity index (χ2n) is 4.96. The summed E-state index contributed by atoms with van der Waals surface area (Å²) in [6, 6.07) is 8.37. The first-order valence-electron chi connectivity index (χ1n) is 7.42. The van der Waals surface area contributed by atoms with Crippen molar-refractivity contribution in [2.75, 3.05) is 13.3 Å². The molecule has 0 fully saturated rings. The van der Waals surface area contributed by atoms with Gasteiger partial charge >= 0.3 is 0 Å². The van der Waals surface area contributed by atoms with Crippen LogP contribution in [-0.2, 0) is 4.79 Å². The number of hydrogen-bond acceptors (Lipinski definition) is 5. The van der Waals surface area contributed by atoms with Crippen molar-refractivity contribution in [2.45, 2.75) is 6.92 Å². The lowest BCUT2D eigenvalue weighted by Gasteiger charge is -2.09. The van der Waals surface area contributed by atoms with Crippen molar-refractivity contribution < 1.29 is 23.5 Å². The van der Waals surface area contributed by atoms with Gasteiger partial charge < -0.3 is 24.5 Å². The molecule has 0 spiro atoms. The minimum Gasteiger partial charge on any atom is -0.459 e. The molecule has 7 nitrogen and oxygen atoms in total. The van der Waals surface area contributed by atoms with Gasteiger partial charge in [0.15, 0.2) is 17.3 Å². The van der Waals surface area contributed by atoms with E-state index in [1.54, 1.807) is 37.3 Å². The maximum absolute atomic E-state index is 12.2. The van der Waals surface area contributed by atoms with Crippen molar-refractivity contribution >= 4 is 17.9 Å². The van der Waals surface area contributed by atoms with Crippen molar-refractivity contribution in [3.63, 3.8) is 0 Å². The average Bonchev–Trinajstić information content (AvgIpc) is 3.25. The molecule has 0 saturated carbocycles. The summed E-state index contributed by atoms with van der Waals surface area (Å²) in [6.07, 6.45) is 2.95. The zero-order valence-electron chi connectivity index (χ0n) is 13.0. The first-order chi connectivity index (χ1) is 11.7. The van der Waals surface area contributed by atoms with Gasteiger partial charge in [-0.15, -0.1) is 0 Å². The van der Waals surface area contributed by atoms with Crippen LogP contribution in [-0.4, -0.2) is 25.2 Å². The van der Waals surface area contributed by atoms with Gasteiger partial charge in [-0.05, 0) is 42.8 Å². The van der Waals surface area contributed by atoms with Gasteiger partial charge in [0.05, 0.1) is 6.26 Å². The molecule has 2 aromatic rings. The normalized spacial score (nSPS) is 12.8. The highest BCUT2D eigenvalue weighted by Crippen LogP contribution is 2.33. The van der Waals surface area contributed by atoms with Crippen LogP contribution < -0.4 is 20.1 Å². The number of furan rings is 1. The Morgan fingerprint density at radius 3 is 2.79 bits per heavy atom. The quantitative estimate of drug-likeness (QED) is 0.819. The Morgan fingerprint density at radius 2 is 2.04 bits per heavy atom. The zero-order valence-corrected chi connectivity index (χ0v) is 13.0. The molecule has 0 saturated heterocycles. The fourth-order valence-electron chi connectivity index (χ4n) is 2.18. The lowest BCUT2D eigenvalue weighted by molar-refractivity contribution is -0.117. The van der Waals surface area contributed by atoms with Gasteiger partial charge in [0.25, 0.3) is 11.8 Å². The number of nitrogens with one attached hydrogen (secondary N) is 2. The molecule has 2 N–H and O–H groups in total. The van der Waals surface area contributed by atoms with Gasteiger partial charge in [-0.2, -0.15) is 0 Å². The molecule has 0 radical (unpaired) electrons. The Hall–Kier alpha value is -3.22. The molecule has 1 aliphatic heterocycles. The molecule has 1 aliphatic rings. The topological polar surface area (TPSA) is 89.8 Å². The van der Waals surface area contributed by atoms with Gasteiger partial charge in [0, 0.05) is 6.54 Å². The monoisotopic (exact) mass is 328 g/mol. The number of fused-ring (bicyclic) bond motifs is 1. The molecule has 1 aromatic carbocycles. The van der Waals surface area contributed by atoms with E-state index in [2.05, 4.69) is 10.6 Å². The van der Waals surface area contributed by atoms with E-state index < -0.39 is 11.8 Å². The molecular weight excluding hydrogens is 312 g/mol. The van der Waals surface area contributed by atoms with Crippen LogP contribution in [0.25, 0.3) is 6.08 Å². The number of carbonyl (C=O) groups is 2. The van der Waals surface area contributed by atoms with E-state index in [9.17, 15) is 9.59 Å². The van der Waals surface area contributed by atoms with E-state index in [1.807, 2.05) is 0 Å². The first kappa shape index (κ1) is 15.7. The second-order valence-corrected chi connectivity index (χ2v) is 4.96. The highest BCUT2D eigenvalue weighted by Gasteiger charge is 2.17. The van der Waals surface area contributed by atoms with Crippen LogP contribution in [0.15, 0.2) is 46.7 Å². The molecule has 24 heavy (non-hydrogen) atoms. The number of amides is 2. The van der Waals surface area contributed by atoms with Crippen LogP contribution in [0.4, 0.5) is 0 Å². The predicted molar refractivity (Wildman–Crippen MR) is 85.4 cm³/mol. The molecule has 3 rings (SSSR count).